The summed E-state index contributed by atoms with van der Waals surface area (Å²) in [6, 6.07) is 0. The van der Waals surface area contributed by atoms with Gasteiger partial charge in [-0.2, -0.15) is 11.8 Å². The predicted molar refractivity (Wildman–Crippen MR) is 70.5 cm³/mol. The minimum Gasteiger partial charge on any atom is -0.330 e. The number of hydrogen-bond donors (Lipinski definition) is 1. The summed E-state index contributed by atoms with van der Waals surface area (Å²) in [7, 11) is 0. The molecule has 3 heteroatoms. The van der Waals surface area contributed by atoms with Crippen molar-refractivity contribution in [1.82, 2.24) is 4.90 Å². The Morgan fingerprint density at radius 2 is 1.87 bits per heavy atom. The van der Waals surface area contributed by atoms with Crippen LogP contribution >= 0.6 is 11.8 Å². The van der Waals surface area contributed by atoms with E-state index in [0.717, 1.165) is 13.0 Å². The molecule has 0 aromatic heterocycles. The van der Waals surface area contributed by atoms with Gasteiger partial charge in [0.1, 0.15) is 0 Å². The first-order valence-electron chi connectivity index (χ1n) is 6.14. The first-order valence-corrected chi connectivity index (χ1v) is 7.30. The molecule has 0 radical (unpaired) electrons. The first kappa shape index (κ1) is 13.3. The predicted octanol–water partition coefficient (Wildman–Crippen LogP) is 2.19. The highest BCUT2D eigenvalue weighted by Gasteiger charge is 2.17. The number of nitrogens with two attached hydrogens (primary N) is 1. The molecule has 0 aromatic rings. The zero-order chi connectivity index (χ0) is 11.1. The minimum atomic E-state index is 0.444. The van der Waals surface area contributed by atoms with E-state index < -0.39 is 0 Å². The third-order valence-electron chi connectivity index (χ3n) is 3.25. The van der Waals surface area contributed by atoms with Crippen molar-refractivity contribution in [3.05, 3.63) is 0 Å². The van der Waals surface area contributed by atoms with Crippen LogP contribution in [0.25, 0.3) is 0 Å². The van der Waals surface area contributed by atoms with Crippen molar-refractivity contribution in [3.8, 4) is 0 Å². The van der Waals surface area contributed by atoms with E-state index in [9.17, 15) is 0 Å². The summed E-state index contributed by atoms with van der Waals surface area (Å²) in [5.41, 5.74) is 6.06. The summed E-state index contributed by atoms with van der Waals surface area (Å²) in [5, 5.41) is 0. The van der Waals surface area contributed by atoms with Gasteiger partial charge in [-0.05, 0) is 37.8 Å². The summed E-state index contributed by atoms with van der Waals surface area (Å²) >= 11 is 2.09. The Bertz CT molecular complexity index is 165. The van der Waals surface area contributed by atoms with Crippen molar-refractivity contribution >= 4 is 11.8 Å². The molecule has 0 amide bonds. The zero-order valence-corrected chi connectivity index (χ0v) is 11.1. The number of hydrogen-bond acceptors (Lipinski definition) is 3. The molecule has 1 heterocycles. The molecule has 1 aliphatic heterocycles. The fourth-order valence-corrected chi connectivity index (χ4v) is 3.10. The molecular formula is C12H26N2S. The molecule has 1 rings (SSSR count). The highest BCUT2D eigenvalue weighted by atomic mass is 32.2. The number of nitrogens with zero attached hydrogens (tertiary/aromatic N) is 1. The fourth-order valence-electron chi connectivity index (χ4n) is 2.12. The lowest BCUT2D eigenvalue weighted by Gasteiger charge is -2.29. The van der Waals surface area contributed by atoms with Gasteiger partial charge < -0.3 is 10.6 Å². The quantitative estimate of drug-likeness (QED) is 0.758. The molecule has 2 N–H and O–H groups in total. The molecule has 0 saturated carbocycles. The summed E-state index contributed by atoms with van der Waals surface area (Å²) in [4.78, 5) is 2.61. The first-order chi connectivity index (χ1) is 7.14. The fraction of sp³-hybridized carbons (Fsp3) is 1.00. The lowest BCUT2D eigenvalue weighted by Crippen LogP contribution is -2.33. The van der Waals surface area contributed by atoms with E-state index in [0.29, 0.717) is 5.41 Å². The largest absolute Gasteiger partial charge is 0.330 e. The molecule has 0 unspecified atom stereocenters. The minimum absolute atomic E-state index is 0.444. The van der Waals surface area contributed by atoms with E-state index in [1.165, 1.54) is 44.0 Å². The highest BCUT2D eigenvalue weighted by Crippen LogP contribution is 2.26. The standard InChI is InChI=1S/C12H26N2S/c1-12(2,5-6-13)4-3-7-14-8-10-15-11-9-14/h3-11,13H2,1-2H3. The maximum absolute atomic E-state index is 5.62. The van der Waals surface area contributed by atoms with Gasteiger partial charge in [0, 0.05) is 24.6 Å². The molecule has 1 aliphatic rings. The second-order valence-electron chi connectivity index (χ2n) is 5.26. The maximum Gasteiger partial charge on any atom is 0.00727 e. The summed E-state index contributed by atoms with van der Waals surface area (Å²) in [6.07, 6.45) is 3.80. The van der Waals surface area contributed by atoms with Crippen molar-refractivity contribution in [3.63, 3.8) is 0 Å². The van der Waals surface area contributed by atoms with Crippen molar-refractivity contribution in [2.75, 3.05) is 37.7 Å². The van der Waals surface area contributed by atoms with Crippen LogP contribution in [0.4, 0.5) is 0 Å². The van der Waals surface area contributed by atoms with E-state index in [1.807, 2.05) is 0 Å². The van der Waals surface area contributed by atoms with Gasteiger partial charge in [0.05, 0.1) is 0 Å². The van der Waals surface area contributed by atoms with Gasteiger partial charge in [-0.3, -0.25) is 0 Å². The van der Waals surface area contributed by atoms with Gasteiger partial charge >= 0.3 is 0 Å². The third-order valence-corrected chi connectivity index (χ3v) is 4.20. The van der Waals surface area contributed by atoms with Crippen LogP contribution in [0.1, 0.15) is 33.1 Å². The van der Waals surface area contributed by atoms with Gasteiger partial charge in [0.15, 0.2) is 0 Å². The Hall–Kier alpha value is 0.270. The van der Waals surface area contributed by atoms with Crippen LogP contribution in [0.2, 0.25) is 0 Å². The molecule has 0 spiro atoms. The molecular weight excluding hydrogens is 204 g/mol. The number of thioether (sulfide) groups is 1. The topological polar surface area (TPSA) is 29.3 Å². The molecule has 15 heavy (non-hydrogen) atoms. The van der Waals surface area contributed by atoms with Crippen LogP contribution < -0.4 is 5.73 Å². The Balaban J connectivity index is 2.09. The summed E-state index contributed by atoms with van der Waals surface area (Å²) in [5.74, 6) is 2.65. The van der Waals surface area contributed by atoms with Crippen LogP contribution in [-0.4, -0.2) is 42.6 Å². The van der Waals surface area contributed by atoms with Gasteiger partial charge in [-0.1, -0.05) is 13.8 Å². The second kappa shape index (κ2) is 6.77. The van der Waals surface area contributed by atoms with Gasteiger partial charge in [0.2, 0.25) is 0 Å². The normalized spacial score (nSPS) is 19.4. The molecule has 90 valence electrons. The molecule has 2 nitrogen and oxygen atoms in total. The summed E-state index contributed by atoms with van der Waals surface area (Å²) < 4.78 is 0. The zero-order valence-electron chi connectivity index (χ0n) is 10.3. The molecule has 0 aliphatic carbocycles. The van der Waals surface area contributed by atoms with E-state index in [-0.39, 0.29) is 0 Å². The highest BCUT2D eigenvalue weighted by molar-refractivity contribution is 7.99. The number of rotatable bonds is 6. The maximum atomic E-state index is 5.62. The van der Waals surface area contributed by atoms with Crippen LogP contribution in [-0.2, 0) is 0 Å². The van der Waals surface area contributed by atoms with Crippen LogP contribution in [0.5, 0.6) is 0 Å². The lowest BCUT2D eigenvalue weighted by atomic mass is 9.84. The Morgan fingerprint density at radius 3 is 2.47 bits per heavy atom. The smallest absolute Gasteiger partial charge is 0.00727 e. The van der Waals surface area contributed by atoms with E-state index in [1.54, 1.807) is 0 Å². The molecule has 1 saturated heterocycles. The van der Waals surface area contributed by atoms with Crippen LogP contribution in [0.15, 0.2) is 0 Å². The van der Waals surface area contributed by atoms with Crippen molar-refractivity contribution < 1.29 is 0 Å². The SMILES string of the molecule is CC(C)(CCN)CCCN1CCSCC1. The van der Waals surface area contributed by atoms with Crippen LogP contribution in [0, 0.1) is 5.41 Å². The Labute approximate surface area is 99.0 Å². The van der Waals surface area contributed by atoms with Gasteiger partial charge in [-0.25, -0.2) is 0 Å². The summed E-state index contributed by atoms with van der Waals surface area (Å²) in [6.45, 7) is 9.38. The molecule has 1 fully saturated rings. The van der Waals surface area contributed by atoms with E-state index >= 15 is 0 Å². The van der Waals surface area contributed by atoms with E-state index in [2.05, 4.69) is 30.5 Å². The third kappa shape index (κ3) is 5.79. The monoisotopic (exact) mass is 230 g/mol. The molecule has 0 bridgehead atoms. The average Bonchev–Trinajstić information content (AvgIpc) is 2.19. The second-order valence-corrected chi connectivity index (χ2v) is 6.49. The van der Waals surface area contributed by atoms with Crippen molar-refractivity contribution in [2.45, 2.75) is 33.1 Å². The van der Waals surface area contributed by atoms with Crippen molar-refractivity contribution in [2.24, 2.45) is 11.1 Å². The Kier molecular flexibility index (Phi) is 6.02. The molecule has 0 aromatic carbocycles. The van der Waals surface area contributed by atoms with Crippen molar-refractivity contribution in [1.29, 1.82) is 0 Å². The van der Waals surface area contributed by atoms with E-state index in [4.69, 9.17) is 5.73 Å². The molecule has 0 atom stereocenters. The van der Waals surface area contributed by atoms with Gasteiger partial charge in [-0.15, -0.1) is 0 Å². The van der Waals surface area contributed by atoms with Gasteiger partial charge in [0.25, 0.3) is 0 Å². The lowest BCUT2D eigenvalue weighted by molar-refractivity contribution is 0.249. The average molecular weight is 230 g/mol. The van der Waals surface area contributed by atoms with Crippen LogP contribution in [0.3, 0.4) is 0 Å². The Morgan fingerprint density at radius 1 is 1.20 bits per heavy atom.